The first-order valence-corrected chi connectivity index (χ1v) is 5.72. The molecule has 1 aliphatic carbocycles. The van der Waals surface area contributed by atoms with E-state index in [-0.39, 0.29) is 18.4 Å². The standard InChI is InChI=1S/C11H20N2O3/c1-4-16-11(15)8(2)12-7-10(14)13(3)9-5-6-9/h8-9,12H,4-7H2,1-3H3. The van der Waals surface area contributed by atoms with E-state index < -0.39 is 6.04 Å². The van der Waals surface area contributed by atoms with Crippen molar-refractivity contribution in [1.29, 1.82) is 0 Å². The summed E-state index contributed by atoms with van der Waals surface area (Å²) in [7, 11) is 1.80. The molecule has 5 nitrogen and oxygen atoms in total. The summed E-state index contributed by atoms with van der Waals surface area (Å²) >= 11 is 0. The lowest BCUT2D eigenvalue weighted by atomic mass is 10.3. The van der Waals surface area contributed by atoms with Crippen molar-refractivity contribution in [2.24, 2.45) is 0 Å². The van der Waals surface area contributed by atoms with Crippen LogP contribution in [0.5, 0.6) is 0 Å². The highest BCUT2D eigenvalue weighted by atomic mass is 16.5. The molecule has 1 amide bonds. The molecule has 16 heavy (non-hydrogen) atoms. The van der Waals surface area contributed by atoms with Gasteiger partial charge in [-0.25, -0.2) is 0 Å². The van der Waals surface area contributed by atoms with Crippen LogP contribution < -0.4 is 5.32 Å². The maximum absolute atomic E-state index is 11.6. The van der Waals surface area contributed by atoms with E-state index in [0.717, 1.165) is 12.8 Å². The number of nitrogens with one attached hydrogen (secondary N) is 1. The van der Waals surface area contributed by atoms with Crippen LogP contribution in [0, 0.1) is 0 Å². The molecule has 0 aromatic heterocycles. The summed E-state index contributed by atoms with van der Waals surface area (Å²) in [5.74, 6) is -0.289. The molecule has 0 spiro atoms. The number of nitrogens with zero attached hydrogens (tertiary/aromatic N) is 1. The van der Waals surface area contributed by atoms with Crippen LogP contribution in [0.4, 0.5) is 0 Å². The second kappa shape index (κ2) is 5.84. The fourth-order valence-electron chi connectivity index (χ4n) is 1.38. The lowest BCUT2D eigenvalue weighted by Crippen LogP contribution is -2.43. The van der Waals surface area contributed by atoms with Crippen molar-refractivity contribution >= 4 is 11.9 Å². The SMILES string of the molecule is CCOC(=O)C(C)NCC(=O)N(C)C1CC1. The van der Waals surface area contributed by atoms with Gasteiger partial charge in [-0.3, -0.25) is 14.9 Å². The number of carbonyl (C=O) groups is 2. The summed E-state index contributed by atoms with van der Waals surface area (Å²) < 4.78 is 4.83. The van der Waals surface area contributed by atoms with Crippen LogP contribution in [0.3, 0.4) is 0 Å². The van der Waals surface area contributed by atoms with E-state index in [0.29, 0.717) is 12.6 Å². The van der Waals surface area contributed by atoms with Crippen molar-refractivity contribution < 1.29 is 14.3 Å². The number of likely N-dealkylation sites (N-methyl/N-ethyl adjacent to an activating group) is 1. The van der Waals surface area contributed by atoms with Gasteiger partial charge in [-0.05, 0) is 26.7 Å². The molecule has 1 unspecified atom stereocenters. The molecule has 1 fully saturated rings. The van der Waals surface area contributed by atoms with Gasteiger partial charge in [0.25, 0.3) is 0 Å². The van der Waals surface area contributed by atoms with Gasteiger partial charge in [-0.1, -0.05) is 0 Å². The van der Waals surface area contributed by atoms with E-state index in [9.17, 15) is 9.59 Å². The second-order valence-electron chi connectivity index (χ2n) is 4.09. The molecule has 1 saturated carbocycles. The van der Waals surface area contributed by atoms with Crippen molar-refractivity contribution in [3.63, 3.8) is 0 Å². The average molecular weight is 228 g/mol. The minimum absolute atomic E-state index is 0.0265. The van der Waals surface area contributed by atoms with Crippen LogP contribution in [0.2, 0.25) is 0 Å². The Morgan fingerprint density at radius 1 is 1.50 bits per heavy atom. The van der Waals surface area contributed by atoms with Crippen molar-refractivity contribution in [2.75, 3.05) is 20.2 Å². The number of hydrogen-bond acceptors (Lipinski definition) is 4. The summed E-state index contributed by atoms with van der Waals surface area (Å²) in [6.45, 7) is 4.01. The molecule has 0 aliphatic heterocycles. The third-order valence-corrected chi connectivity index (χ3v) is 2.69. The summed E-state index contributed by atoms with van der Waals surface area (Å²) in [4.78, 5) is 24.6. The largest absolute Gasteiger partial charge is 0.465 e. The fourth-order valence-corrected chi connectivity index (χ4v) is 1.38. The van der Waals surface area contributed by atoms with Crippen LogP contribution in [-0.4, -0.2) is 49.1 Å². The molecule has 0 aromatic rings. The van der Waals surface area contributed by atoms with Gasteiger partial charge in [0.1, 0.15) is 6.04 Å². The summed E-state index contributed by atoms with van der Waals surface area (Å²) in [6.07, 6.45) is 2.19. The molecule has 1 rings (SSSR count). The van der Waals surface area contributed by atoms with Gasteiger partial charge in [-0.15, -0.1) is 0 Å². The van der Waals surface area contributed by atoms with Gasteiger partial charge in [0.2, 0.25) is 5.91 Å². The van der Waals surface area contributed by atoms with Gasteiger partial charge < -0.3 is 9.64 Å². The van der Waals surface area contributed by atoms with E-state index in [1.165, 1.54) is 0 Å². The van der Waals surface area contributed by atoms with E-state index in [1.54, 1.807) is 25.8 Å². The molecule has 1 atom stereocenters. The van der Waals surface area contributed by atoms with Gasteiger partial charge in [-0.2, -0.15) is 0 Å². The highest BCUT2D eigenvalue weighted by Crippen LogP contribution is 2.25. The Morgan fingerprint density at radius 2 is 2.12 bits per heavy atom. The van der Waals surface area contributed by atoms with Crippen molar-refractivity contribution in [2.45, 2.75) is 38.8 Å². The maximum atomic E-state index is 11.6. The highest BCUT2D eigenvalue weighted by Gasteiger charge is 2.29. The molecule has 1 N–H and O–H groups in total. The Kier molecular flexibility index (Phi) is 4.73. The number of carbonyl (C=O) groups excluding carboxylic acids is 2. The Bertz CT molecular complexity index is 264. The molecule has 92 valence electrons. The smallest absolute Gasteiger partial charge is 0.322 e. The van der Waals surface area contributed by atoms with E-state index in [2.05, 4.69) is 5.32 Å². The number of rotatable bonds is 6. The molecule has 0 bridgehead atoms. The molecule has 0 aromatic carbocycles. The fraction of sp³-hybridized carbons (Fsp3) is 0.818. The molecule has 0 saturated heterocycles. The molecular weight excluding hydrogens is 208 g/mol. The maximum Gasteiger partial charge on any atom is 0.322 e. The molecule has 1 aliphatic rings. The average Bonchev–Trinajstić information content (AvgIpc) is 3.08. The van der Waals surface area contributed by atoms with Crippen LogP contribution in [0.25, 0.3) is 0 Å². The van der Waals surface area contributed by atoms with Crippen LogP contribution in [0.1, 0.15) is 26.7 Å². The van der Waals surface area contributed by atoms with Gasteiger partial charge in [0.15, 0.2) is 0 Å². The monoisotopic (exact) mass is 228 g/mol. The van der Waals surface area contributed by atoms with E-state index in [4.69, 9.17) is 4.74 Å². The lowest BCUT2D eigenvalue weighted by molar-refractivity contribution is -0.145. The third kappa shape index (κ3) is 3.81. The minimum atomic E-state index is -0.434. The molecule has 5 heteroatoms. The lowest BCUT2D eigenvalue weighted by Gasteiger charge is -2.18. The van der Waals surface area contributed by atoms with Crippen molar-refractivity contribution in [3.8, 4) is 0 Å². The molecule has 0 heterocycles. The van der Waals surface area contributed by atoms with E-state index in [1.807, 2.05) is 0 Å². The Hall–Kier alpha value is -1.10. The predicted octanol–water partition coefficient (Wildman–Crippen LogP) is 0.148. The Balaban J connectivity index is 2.22. The first-order valence-electron chi connectivity index (χ1n) is 5.72. The highest BCUT2D eigenvalue weighted by molar-refractivity contribution is 5.80. The first-order chi connectivity index (χ1) is 7.56. The van der Waals surface area contributed by atoms with Gasteiger partial charge in [0.05, 0.1) is 13.2 Å². The number of hydrogen-bond donors (Lipinski definition) is 1. The van der Waals surface area contributed by atoms with Gasteiger partial charge in [0, 0.05) is 13.1 Å². The normalized spacial score (nSPS) is 16.7. The van der Waals surface area contributed by atoms with Crippen LogP contribution in [-0.2, 0) is 14.3 Å². The van der Waals surface area contributed by atoms with Crippen LogP contribution >= 0.6 is 0 Å². The van der Waals surface area contributed by atoms with Crippen molar-refractivity contribution in [1.82, 2.24) is 10.2 Å². The quantitative estimate of drug-likeness (QED) is 0.657. The van der Waals surface area contributed by atoms with Crippen molar-refractivity contribution in [3.05, 3.63) is 0 Å². The number of esters is 1. The number of amides is 1. The van der Waals surface area contributed by atoms with Crippen LogP contribution in [0.15, 0.2) is 0 Å². The summed E-state index contributed by atoms with van der Waals surface area (Å²) in [6, 6.07) is -0.0243. The summed E-state index contributed by atoms with van der Waals surface area (Å²) in [5, 5.41) is 2.86. The minimum Gasteiger partial charge on any atom is -0.465 e. The van der Waals surface area contributed by atoms with E-state index >= 15 is 0 Å². The second-order valence-corrected chi connectivity index (χ2v) is 4.09. The third-order valence-electron chi connectivity index (χ3n) is 2.69. The Morgan fingerprint density at radius 3 is 2.62 bits per heavy atom. The zero-order valence-electron chi connectivity index (χ0n) is 10.2. The predicted molar refractivity (Wildman–Crippen MR) is 59.9 cm³/mol. The number of ether oxygens (including phenoxy) is 1. The molecular formula is C11H20N2O3. The summed E-state index contributed by atoms with van der Waals surface area (Å²) in [5.41, 5.74) is 0. The zero-order valence-corrected chi connectivity index (χ0v) is 10.2. The first kappa shape index (κ1) is 13.0. The Labute approximate surface area is 96.1 Å². The molecule has 0 radical (unpaired) electrons. The van der Waals surface area contributed by atoms with Gasteiger partial charge >= 0.3 is 5.97 Å². The zero-order chi connectivity index (χ0) is 12.1. The topological polar surface area (TPSA) is 58.6 Å².